The molecule has 0 bridgehead atoms. The minimum atomic E-state index is -0.179. The molecule has 174 valence electrons. The number of ketones is 1. The average Bonchev–Trinajstić information content (AvgIpc) is 2.65. The van der Waals surface area contributed by atoms with E-state index in [4.69, 9.17) is 0 Å². The summed E-state index contributed by atoms with van der Waals surface area (Å²) in [5, 5.41) is 10.8. The van der Waals surface area contributed by atoms with E-state index in [1.165, 1.54) is 32.1 Å². The minimum Gasteiger partial charge on any atom is -0.393 e. The predicted octanol–water partition coefficient (Wildman–Crippen LogP) is 6.96. The van der Waals surface area contributed by atoms with Crippen LogP contribution >= 0.6 is 0 Å². The Morgan fingerprint density at radius 3 is 2.29 bits per heavy atom. The first-order chi connectivity index (χ1) is 14.3. The summed E-state index contributed by atoms with van der Waals surface area (Å²) in [5.74, 6) is 2.50. The quantitative estimate of drug-likeness (QED) is 0.425. The van der Waals surface area contributed by atoms with E-state index in [0.29, 0.717) is 29.0 Å². The van der Waals surface area contributed by atoms with Crippen molar-refractivity contribution < 1.29 is 9.90 Å². The molecule has 5 rings (SSSR count). The Balaban J connectivity index is 1.58. The fourth-order valence-corrected chi connectivity index (χ4v) is 10.2. The highest BCUT2D eigenvalue weighted by atomic mass is 16.3. The summed E-state index contributed by atoms with van der Waals surface area (Å²) in [6.45, 7) is 17.0. The van der Waals surface area contributed by atoms with Gasteiger partial charge in [-0.2, -0.15) is 0 Å². The summed E-state index contributed by atoms with van der Waals surface area (Å²) in [6, 6.07) is 0. The Hall–Kier alpha value is -0.630. The van der Waals surface area contributed by atoms with Crippen LogP contribution in [0.3, 0.4) is 0 Å². The van der Waals surface area contributed by atoms with E-state index in [1.807, 2.05) is 0 Å². The number of hydrogen-bond donors (Lipinski definition) is 1. The van der Waals surface area contributed by atoms with Gasteiger partial charge in [0.15, 0.2) is 0 Å². The van der Waals surface area contributed by atoms with Gasteiger partial charge in [-0.25, -0.2) is 0 Å². The molecule has 0 aromatic carbocycles. The van der Waals surface area contributed by atoms with Crippen molar-refractivity contribution in [2.45, 2.75) is 112 Å². The average molecular weight is 427 g/mol. The van der Waals surface area contributed by atoms with Crippen molar-refractivity contribution in [1.82, 2.24) is 0 Å². The van der Waals surface area contributed by atoms with Crippen molar-refractivity contribution in [1.29, 1.82) is 0 Å². The zero-order valence-electron chi connectivity index (χ0n) is 21.2. The Morgan fingerprint density at radius 2 is 1.58 bits per heavy atom. The van der Waals surface area contributed by atoms with E-state index in [9.17, 15) is 9.90 Å². The van der Waals surface area contributed by atoms with Gasteiger partial charge in [0.2, 0.25) is 0 Å². The molecule has 0 heterocycles. The Kier molecular flexibility index (Phi) is 4.64. The lowest BCUT2D eigenvalue weighted by Gasteiger charge is -2.70. The van der Waals surface area contributed by atoms with Crippen LogP contribution in [0.15, 0.2) is 11.6 Å². The molecule has 2 nitrogen and oxygen atoms in total. The van der Waals surface area contributed by atoms with E-state index >= 15 is 0 Å². The fraction of sp³-hybridized carbons (Fsp3) is 0.897. The van der Waals surface area contributed by atoms with Gasteiger partial charge in [-0.1, -0.05) is 60.1 Å². The number of rotatable bonds is 0. The van der Waals surface area contributed by atoms with Crippen LogP contribution in [0.25, 0.3) is 0 Å². The third kappa shape index (κ3) is 2.75. The van der Waals surface area contributed by atoms with Gasteiger partial charge >= 0.3 is 0 Å². The molecule has 0 aromatic heterocycles. The molecule has 4 fully saturated rings. The predicted molar refractivity (Wildman–Crippen MR) is 126 cm³/mol. The molecule has 31 heavy (non-hydrogen) atoms. The lowest BCUT2D eigenvalue weighted by molar-refractivity contribution is -0.200. The maximum absolute atomic E-state index is 13.6. The smallest absolute Gasteiger partial charge is 0.137 e. The lowest BCUT2D eigenvalue weighted by atomic mass is 9.34. The van der Waals surface area contributed by atoms with Crippen LogP contribution in [0.2, 0.25) is 0 Å². The van der Waals surface area contributed by atoms with Crippen LogP contribution in [0, 0.1) is 50.7 Å². The molecule has 0 aliphatic heterocycles. The van der Waals surface area contributed by atoms with Gasteiger partial charge in [-0.3, -0.25) is 4.79 Å². The van der Waals surface area contributed by atoms with Crippen molar-refractivity contribution in [2.75, 3.05) is 0 Å². The van der Waals surface area contributed by atoms with Crippen LogP contribution in [0.1, 0.15) is 106 Å². The second-order valence-electron chi connectivity index (χ2n) is 14.4. The van der Waals surface area contributed by atoms with Gasteiger partial charge in [-0.05, 0) is 90.8 Å². The summed E-state index contributed by atoms with van der Waals surface area (Å²) in [4.78, 5) is 13.6. The van der Waals surface area contributed by atoms with E-state index < -0.39 is 0 Å². The van der Waals surface area contributed by atoms with Crippen molar-refractivity contribution in [3.8, 4) is 0 Å². The second-order valence-corrected chi connectivity index (χ2v) is 14.4. The Bertz CT molecular complexity index is 821. The summed E-state index contributed by atoms with van der Waals surface area (Å²) < 4.78 is 0. The highest BCUT2D eigenvalue weighted by Gasteiger charge is 2.67. The maximum Gasteiger partial charge on any atom is 0.137 e. The number of hydrogen-bond acceptors (Lipinski definition) is 2. The second kappa shape index (κ2) is 6.49. The van der Waals surface area contributed by atoms with Crippen molar-refractivity contribution in [2.24, 2.45) is 50.7 Å². The molecule has 0 unspecified atom stereocenters. The van der Waals surface area contributed by atoms with Gasteiger partial charge in [0.05, 0.1) is 6.10 Å². The van der Waals surface area contributed by atoms with E-state index in [2.05, 4.69) is 54.5 Å². The summed E-state index contributed by atoms with van der Waals surface area (Å²) in [6.07, 6.45) is 12.3. The van der Waals surface area contributed by atoms with E-state index in [-0.39, 0.29) is 33.7 Å². The number of allylic oxidation sites excluding steroid dienone is 2. The fourth-order valence-electron chi connectivity index (χ4n) is 10.2. The summed E-state index contributed by atoms with van der Waals surface area (Å²) >= 11 is 0. The van der Waals surface area contributed by atoms with Crippen molar-refractivity contribution in [3.63, 3.8) is 0 Å². The highest BCUT2D eigenvalue weighted by Crippen LogP contribution is 2.74. The Labute approximate surface area is 190 Å². The topological polar surface area (TPSA) is 37.3 Å². The molecule has 4 saturated carbocycles. The van der Waals surface area contributed by atoms with E-state index in [1.54, 1.807) is 5.57 Å². The van der Waals surface area contributed by atoms with Crippen molar-refractivity contribution >= 4 is 5.78 Å². The van der Waals surface area contributed by atoms with Gasteiger partial charge in [-0.15, -0.1) is 0 Å². The van der Waals surface area contributed by atoms with Gasteiger partial charge in [0.1, 0.15) is 5.78 Å². The SMILES string of the molecule is CC1(C)CC[C@@H]2C(=O)C[C@]3(C)C(=CC[C@@H]4[C@@]5(C)CC[C@H](O)C(C)(C)[C@H]5CC[C@]43C)[C@@H]2C1. The van der Waals surface area contributed by atoms with E-state index in [0.717, 1.165) is 25.7 Å². The number of carbonyl (C=O) groups is 1. The van der Waals surface area contributed by atoms with Crippen LogP contribution in [0.4, 0.5) is 0 Å². The first kappa shape index (κ1) is 22.2. The molecular weight excluding hydrogens is 380 g/mol. The van der Waals surface area contributed by atoms with Gasteiger partial charge in [0, 0.05) is 17.8 Å². The number of aliphatic hydroxyl groups is 1. The van der Waals surface area contributed by atoms with Crippen molar-refractivity contribution in [3.05, 3.63) is 11.6 Å². The molecule has 0 radical (unpaired) electrons. The molecule has 0 amide bonds. The van der Waals surface area contributed by atoms with Crippen LogP contribution in [0.5, 0.6) is 0 Å². The van der Waals surface area contributed by atoms with Gasteiger partial charge < -0.3 is 5.11 Å². The largest absolute Gasteiger partial charge is 0.393 e. The number of aliphatic hydroxyl groups excluding tert-OH is 1. The minimum absolute atomic E-state index is 0.00970. The summed E-state index contributed by atoms with van der Waals surface area (Å²) in [5.41, 5.74) is 2.46. The third-order valence-corrected chi connectivity index (χ3v) is 12.2. The molecule has 2 heteroatoms. The molecule has 0 aromatic rings. The monoisotopic (exact) mass is 426 g/mol. The normalized spacial score (nSPS) is 52.8. The molecule has 8 atom stereocenters. The first-order valence-corrected chi connectivity index (χ1v) is 13.2. The zero-order chi connectivity index (χ0) is 22.6. The molecule has 5 aliphatic rings. The third-order valence-electron chi connectivity index (χ3n) is 12.2. The Morgan fingerprint density at radius 1 is 0.871 bits per heavy atom. The standard InChI is InChI=1S/C29H46O2/c1-25(2)13-10-18-19(16-25)20-8-9-23-27(5)14-12-24(31)26(3,4)22(27)11-15-28(23,6)29(20,7)17-21(18)30/h8,18-19,22-24,31H,9-17H2,1-7H3/t18-,19+,22+,23+,24-,27-,28+,29+/m0/s1. The summed E-state index contributed by atoms with van der Waals surface area (Å²) in [7, 11) is 0. The molecular formula is C29H46O2. The molecule has 0 spiro atoms. The van der Waals surface area contributed by atoms with Gasteiger partial charge in [0.25, 0.3) is 0 Å². The number of fused-ring (bicyclic) bond motifs is 7. The van der Waals surface area contributed by atoms with Crippen LogP contribution < -0.4 is 0 Å². The van der Waals surface area contributed by atoms with Crippen LogP contribution in [-0.2, 0) is 4.79 Å². The highest BCUT2D eigenvalue weighted by molar-refractivity contribution is 5.85. The zero-order valence-corrected chi connectivity index (χ0v) is 21.2. The maximum atomic E-state index is 13.6. The lowest BCUT2D eigenvalue weighted by Crippen LogP contribution is -2.64. The molecule has 0 saturated heterocycles. The number of Topliss-reactive ketones (excluding diaryl/α,β-unsaturated/α-hetero) is 1. The molecule has 1 N–H and O–H groups in total. The number of carbonyl (C=O) groups excluding carboxylic acids is 1. The van der Waals surface area contributed by atoms with Crippen LogP contribution in [-0.4, -0.2) is 17.0 Å². The molecule has 5 aliphatic carbocycles. The first-order valence-electron chi connectivity index (χ1n) is 13.2.